The van der Waals surface area contributed by atoms with E-state index < -0.39 is 0 Å². The van der Waals surface area contributed by atoms with E-state index in [9.17, 15) is 14.4 Å². The van der Waals surface area contributed by atoms with Crippen LogP contribution < -0.4 is 20.9 Å². The predicted molar refractivity (Wildman–Crippen MR) is 147 cm³/mol. The van der Waals surface area contributed by atoms with Crippen molar-refractivity contribution in [3.05, 3.63) is 57.8 Å². The molecule has 1 aromatic carbocycles. The first kappa shape index (κ1) is 26.4. The number of aryl methyl sites for hydroxylation is 1. The van der Waals surface area contributed by atoms with E-state index in [0.29, 0.717) is 47.0 Å². The normalized spacial score (nSPS) is 11.0. The lowest BCUT2D eigenvalue weighted by molar-refractivity contribution is -0.116. The van der Waals surface area contributed by atoms with Crippen LogP contribution in [0.25, 0.3) is 10.2 Å². The standard InChI is InChI=1S/C25H28N6O4S2/c1-16-14-20(30-29-16)28-22(33)15-37-25-27-19-11-13-36-23(19)24(34)31(25)12-5-3-4-6-21(32)26-17-7-9-18(35-2)10-8-17/h7-11,13-14H,3-6,12,15H2,1-2H3,(H,26,32)(H2,28,29,30,33). The van der Waals surface area contributed by atoms with Gasteiger partial charge < -0.3 is 15.4 Å². The number of thioether (sulfide) groups is 1. The molecule has 0 saturated heterocycles. The Labute approximate surface area is 221 Å². The molecule has 37 heavy (non-hydrogen) atoms. The maximum atomic E-state index is 13.1. The van der Waals surface area contributed by atoms with Crippen LogP contribution in [0.15, 0.2) is 51.7 Å². The Morgan fingerprint density at radius 3 is 2.65 bits per heavy atom. The summed E-state index contributed by atoms with van der Waals surface area (Å²) in [6.45, 7) is 2.31. The number of aromatic nitrogens is 4. The van der Waals surface area contributed by atoms with Gasteiger partial charge in [0.15, 0.2) is 11.0 Å². The molecule has 4 aromatic rings. The van der Waals surface area contributed by atoms with Gasteiger partial charge in [-0.3, -0.25) is 24.0 Å². The zero-order valence-corrected chi connectivity index (χ0v) is 22.2. The molecule has 0 saturated carbocycles. The number of thiophene rings is 1. The highest BCUT2D eigenvalue weighted by molar-refractivity contribution is 7.99. The lowest BCUT2D eigenvalue weighted by atomic mass is 10.2. The second kappa shape index (κ2) is 12.5. The summed E-state index contributed by atoms with van der Waals surface area (Å²) in [6.07, 6.45) is 2.56. The van der Waals surface area contributed by atoms with E-state index in [1.165, 1.54) is 23.1 Å². The quantitative estimate of drug-likeness (QED) is 0.138. The number of ether oxygens (including phenoxy) is 1. The monoisotopic (exact) mass is 540 g/mol. The van der Waals surface area contributed by atoms with Crippen molar-refractivity contribution in [2.45, 2.75) is 44.3 Å². The molecule has 3 heterocycles. The molecular weight excluding hydrogens is 512 g/mol. The molecule has 0 radical (unpaired) electrons. The Hall–Kier alpha value is -3.64. The molecule has 0 bridgehead atoms. The van der Waals surface area contributed by atoms with Gasteiger partial charge in [0.25, 0.3) is 5.56 Å². The van der Waals surface area contributed by atoms with E-state index >= 15 is 0 Å². The van der Waals surface area contributed by atoms with Crippen LogP contribution in [0.2, 0.25) is 0 Å². The topological polar surface area (TPSA) is 131 Å². The van der Waals surface area contributed by atoms with Crippen molar-refractivity contribution in [1.29, 1.82) is 0 Å². The highest BCUT2D eigenvalue weighted by atomic mass is 32.2. The van der Waals surface area contributed by atoms with E-state index in [-0.39, 0.29) is 23.1 Å². The van der Waals surface area contributed by atoms with Gasteiger partial charge in [-0.1, -0.05) is 18.2 Å². The van der Waals surface area contributed by atoms with Gasteiger partial charge in [0.05, 0.1) is 18.4 Å². The summed E-state index contributed by atoms with van der Waals surface area (Å²) in [4.78, 5) is 42.4. The number of fused-ring (bicyclic) bond motifs is 1. The average Bonchev–Trinajstić information content (AvgIpc) is 3.53. The maximum Gasteiger partial charge on any atom is 0.272 e. The molecule has 0 spiro atoms. The molecular formula is C25H28N6O4S2. The minimum absolute atomic E-state index is 0.0571. The molecule has 0 fully saturated rings. The molecule has 2 amide bonds. The third-order valence-corrected chi connectivity index (χ3v) is 7.36. The van der Waals surface area contributed by atoms with Gasteiger partial charge in [0, 0.05) is 30.4 Å². The zero-order chi connectivity index (χ0) is 26.2. The molecule has 0 atom stereocenters. The van der Waals surface area contributed by atoms with E-state index in [1.54, 1.807) is 42.0 Å². The minimum Gasteiger partial charge on any atom is -0.497 e. The Morgan fingerprint density at radius 1 is 1.11 bits per heavy atom. The summed E-state index contributed by atoms with van der Waals surface area (Å²) in [5, 5.41) is 14.7. The number of anilines is 2. The van der Waals surface area contributed by atoms with E-state index in [0.717, 1.165) is 23.6 Å². The first-order valence-corrected chi connectivity index (χ1v) is 13.7. The van der Waals surface area contributed by atoms with Gasteiger partial charge in [-0.25, -0.2) is 4.98 Å². The molecule has 3 N–H and O–H groups in total. The fourth-order valence-electron chi connectivity index (χ4n) is 3.65. The van der Waals surface area contributed by atoms with Crippen LogP contribution in [0.4, 0.5) is 11.5 Å². The minimum atomic E-state index is -0.231. The fourth-order valence-corrected chi connectivity index (χ4v) is 5.26. The molecule has 10 nitrogen and oxygen atoms in total. The van der Waals surface area contributed by atoms with Gasteiger partial charge in [-0.15, -0.1) is 11.3 Å². The number of nitrogens with one attached hydrogen (secondary N) is 3. The second-order valence-electron chi connectivity index (χ2n) is 8.35. The molecule has 0 aliphatic heterocycles. The number of carbonyl (C=O) groups excluding carboxylic acids is 2. The molecule has 0 aliphatic rings. The average molecular weight is 541 g/mol. The summed E-state index contributed by atoms with van der Waals surface area (Å²) in [5.41, 5.74) is 2.09. The number of amides is 2. The summed E-state index contributed by atoms with van der Waals surface area (Å²) in [6, 6.07) is 10.7. The lowest BCUT2D eigenvalue weighted by Crippen LogP contribution is -2.24. The molecule has 3 aromatic heterocycles. The van der Waals surface area contributed by atoms with Gasteiger partial charge in [-0.2, -0.15) is 5.10 Å². The number of H-pyrrole nitrogens is 1. The van der Waals surface area contributed by atoms with Gasteiger partial charge >= 0.3 is 0 Å². The number of methoxy groups -OCH3 is 1. The van der Waals surface area contributed by atoms with Crippen molar-refractivity contribution in [3.63, 3.8) is 0 Å². The van der Waals surface area contributed by atoms with Crippen molar-refractivity contribution in [1.82, 2.24) is 19.7 Å². The van der Waals surface area contributed by atoms with Crippen LogP contribution in [-0.2, 0) is 16.1 Å². The van der Waals surface area contributed by atoms with Crippen LogP contribution in [0, 0.1) is 6.92 Å². The number of unbranched alkanes of at least 4 members (excludes halogenated alkanes) is 2. The van der Waals surface area contributed by atoms with Crippen molar-refractivity contribution >= 4 is 56.6 Å². The van der Waals surface area contributed by atoms with Crippen LogP contribution >= 0.6 is 23.1 Å². The summed E-state index contributed by atoms with van der Waals surface area (Å²) >= 11 is 2.58. The number of benzene rings is 1. The molecule has 4 rings (SSSR count). The summed E-state index contributed by atoms with van der Waals surface area (Å²) in [7, 11) is 1.60. The van der Waals surface area contributed by atoms with E-state index in [4.69, 9.17) is 4.74 Å². The number of aromatic amines is 1. The summed E-state index contributed by atoms with van der Waals surface area (Å²) in [5.74, 6) is 0.996. The van der Waals surface area contributed by atoms with Crippen molar-refractivity contribution in [2.24, 2.45) is 0 Å². The number of nitrogens with zero attached hydrogens (tertiary/aromatic N) is 3. The number of hydrogen-bond acceptors (Lipinski definition) is 8. The number of rotatable bonds is 12. The molecule has 194 valence electrons. The first-order chi connectivity index (χ1) is 17.9. The zero-order valence-electron chi connectivity index (χ0n) is 20.6. The lowest BCUT2D eigenvalue weighted by Gasteiger charge is -2.12. The van der Waals surface area contributed by atoms with Gasteiger partial charge in [0.2, 0.25) is 11.8 Å². The maximum absolute atomic E-state index is 13.1. The number of hydrogen-bond donors (Lipinski definition) is 3. The smallest absolute Gasteiger partial charge is 0.272 e. The predicted octanol–water partition coefficient (Wildman–Crippen LogP) is 4.43. The first-order valence-electron chi connectivity index (χ1n) is 11.8. The van der Waals surface area contributed by atoms with Crippen LogP contribution in [0.1, 0.15) is 31.4 Å². The Kier molecular flexibility index (Phi) is 8.96. The van der Waals surface area contributed by atoms with E-state index in [2.05, 4.69) is 25.8 Å². The van der Waals surface area contributed by atoms with Gasteiger partial charge in [0.1, 0.15) is 10.4 Å². The van der Waals surface area contributed by atoms with Crippen molar-refractivity contribution in [3.8, 4) is 5.75 Å². The Bertz CT molecular complexity index is 1430. The van der Waals surface area contributed by atoms with Crippen LogP contribution in [-0.4, -0.2) is 44.4 Å². The molecule has 0 aliphatic carbocycles. The molecule has 12 heteroatoms. The van der Waals surface area contributed by atoms with Gasteiger partial charge in [-0.05, 0) is 55.5 Å². The third kappa shape index (κ3) is 7.20. The van der Waals surface area contributed by atoms with Crippen LogP contribution in [0.5, 0.6) is 5.75 Å². The second-order valence-corrected chi connectivity index (χ2v) is 10.2. The largest absolute Gasteiger partial charge is 0.497 e. The highest BCUT2D eigenvalue weighted by Crippen LogP contribution is 2.22. The SMILES string of the molecule is COc1ccc(NC(=O)CCCCCn2c(SCC(=O)Nc3cc(C)[nH]n3)nc3ccsc3c2=O)cc1. The van der Waals surface area contributed by atoms with Crippen LogP contribution in [0.3, 0.4) is 0 Å². The van der Waals surface area contributed by atoms with Crippen molar-refractivity contribution < 1.29 is 14.3 Å². The Morgan fingerprint density at radius 2 is 1.92 bits per heavy atom. The van der Waals surface area contributed by atoms with Crippen molar-refractivity contribution in [2.75, 3.05) is 23.5 Å². The summed E-state index contributed by atoms with van der Waals surface area (Å²) < 4.78 is 7.35. The molecule has 0 unspecified atom stereocenters. The fraction of sp³-hybridized carbons (Fsp3) is 0.320. The highest BCUT2D eigenvalue weighted by Gasteiger charge is 2.15. The third-order valence-electron chi connectivity index (χ3n) is 5.50. The van der Waals surface area contributed by atoms with E-state index in [1.807, 2.05) is 18.4 Å². The Balaban J connectivity index is 1.30. The number of carbonyl (C=O) groups is 2.